The van der Waals surface area contributed by atoms with Crippen molar-refractivity contribution in [2.24, 2.45) is 0 Å². The monoisotopic (exact) mass is 419 g/mol. The van der Waals surface area contributed by atoms with Gasteiger partial charge in [-0.1, -0.05) is 42.5 Å². The number of benzene rings is 3. The van der Waals surface area contributed by atoms with Gasteiger partial charge in [0.25, 0.3) is 5.91 Å². The number of hydrogen-bond donors (Lipinski definition) is 0. The summed E-state index contributed by atoms with van der Waals surface area (Å²) < 4.78 is 23.9. The third kappa shape index (κ3) is 4.43. The lowest BCUT2D eigenvalue weighted by molar-refractivity contribution is -0.164. The molecule has 0 aliphatic carbocycles. The SMILES string of the molecule is COC(=O)c1ccc([C@@H]2[C@H](Oc3ccccc3)C(=O)N2CCc2ccc(F)cc2)cc1. The maximum atomic E-state index is 13.2. The Morgan fingerprint density at radius 3 is 2.29 bits per heavy atom. The molecule has 31 heavy (non-hydrogen) atoms. The molecule has 0 spiro atoms. The molecule has 1 aliphatic rings. The van der Waals surface area contributed by atoms with Crippen molar-refractivity contribution in [1.29, 1.82) is 0 Å². The molecule has 3 aromatic carbocycles. The molecule has 1 heterocycles. The Morgan fingerprint density at radius 2 is 1.65 bits per heavy atom. The fourth-order valence-corrected chi connectivity index (χ4v) is 3.72. The average molecular weight is 419 g/mol. The van der Waals surface area contributed by atoms with Gasteiger partial charge in [-0.3, -0.25) is 4.79 Å². The Kier molecular flexibility index (Phi) is 5.98. The first kappa shape index (κ1) is 20.6. The second-order valence-electron chi connectivity index (χ2n) is 7.32. The van der Waals surface area contributed by atoms with Crippen molar-refractivity contribution in [3.05, 3.63) is 101 Å². The summed E-state index contributed by atoms with van der Waals surface area (Å²) in [5.74, 6) is -0.187. The molecule has 5 nitrogen and oxygen atoms in total. The quantitative estimate of drug-likeness (QED) is 0.426. The molecule has 0 bridgehead atoms. The summed E-state index contributed by atoms with van der Waals surface area (Å²) in [6.45, 7) is 0.475. The highest BCUT2D eigenvalue weighted by Crippen LogP contribution is 2.38. The fourth-order valence-electron chi connectivity index (χ4n) is 3.72. The molecule has 1 aliphatic heterocycles. The molecule has 6 heteroatoms. The molecule has 2 atom stereocenters. The number of carbonyl (C=O) groups is 2. The summed E-state index contributed by atoms with van der Waals surface area (Å²) in [5.41, 5.74) is 2.25. The van der Waals surface area contributed by atoms with Crippen molar-refractivity contribution in [2.75, 3.05) is 13.7 Å². The van der Waals surface area contributed by atoms with Crippen molar-refractivity contribution in [1.82, 2.24) is 4.90 Å². The van der Waals surface area contributed by atoms with Crippen LogP contribution in [-0.4, -0.2) is 36.5 Å². The molecule has 158 valence electrons. The van der Waals surface area contributed by atoms with E-state index in [1.165, 1.54) is 19.2 Å². The Labute approximate surface area is 180 Å². The van der Waals surface area contributed by atoms with Gasteiger partial charge in [-0.05, 0) is 53.9 Å². The van der Waals surface area contributed by atoms with Crippen LogP contribution in [0.15, 0.2) is 78.9 Å². The molecule has 1 fully saturated rings. The lowest BCUT2D eigenvalue weighted by atomic mass is 9.89. The van der Waals surface area contributed by atoms with E-state index >= 15 is 0 Å². The van der Waals surface area contributed by atoms with Crippen LogP contribution in [0.5, 0.6) is 5.75 Å². The number of likely N-dealkylation sites (tertiary alicyclic amines) is 1. The summed E-state index contributed by atoms with van der Waals surface area (Å²) in [5, 5.41) is 0. The predicted molar refractivity (Wildman–Crippen MR) is 113 cm³/mol. The molecular weight excluding hydrogens is 397 g/mol. The molecule has 4 rings (SSSR count). The van der Waals surface area contributed by atoms with E-state index in [1.54, 1.807) is 29.2 Å². The van der Waals surface area contributed by atoms with E-state index in [0.29, 0.717) is 24.3 Å². The van der Waals surface area contributed by atoms with Gasteiger partial charge in [0.2, 0.25) is 6.10 Å². The van der Waals surface area contributed by atoms with Crippen molar-refractivity contribution in [3.63, 3.8) is 0 Å². The second kappa shape index (κ2) is 9.00. The van der Waals surface area contributed by atoms with Crippen molar-refractivity contribution in [3.8, 4) is 5.75 Å². The zero-order chi connectivity index (χ0) is 21.8. The zero-order valence-electron chi connectivity index (χ0n) is 17.0. The van der Waals surface area contributed by atoms with Gasteiger partial charge in [-0.25, -0.2) is 9.18 Å². The van der Waals surface area contributed by atoms with E-state index in [0.717, 1.165) is 11.1 Å². The Balaban J connectivity index is 1.55. The number of rotatable bonds is 7. The Bertz CT molecular complexity index is 1050. The van der Waals surface area contributed by atoms with Crippen LogP contribution < -0.4 is 4.74 Å². The molecule has 0 unspecified atom stereocenters. The van der Waals surface area contributed by atoms with E-state index in [9.17, 15) is 14.0 Å². The smallest absolute Gasteiger partial charge is 0.337 e. The van der Waals surface area contributed by atoms with Gasteiger partial charge >= 0.3 is 5.97 Å². The molecule has 0 radical (unpaired) electrons. The number of hydrogen-bond acceptors (Lipinski definition) is 4. The van der Waals surface area contributed by atoms with Gasteiger partial charge in [-0.2, -0.15) is 0 Å². The highest BCUT2D eigenvalue weighted by molar-refractivity contribution is 5.90. The van der Waals surface area contributed by atoms with E-state index < -0.39 is 12.1 Å². The normalized spacial score (nSPS) is 17.7. The number of ether oxygens (including phenoxy) is 2. The minimum absolute atomic E-state index is 0.104. The molecule has 0 N–H and O–H groups in total. The number of β-lactam (4-membered cyclic amide) rings is 1. The molecule has 0 saturated carbocycles. The van der Waals surface area contributed by atoms with Gasteiger partial charge in [0.05, 0.1) is 12.7 Å². The first-order chi connectivity index (χ1) is 15.1. The predicted octanol–water partition coefficient (Wildman–Crippen LogP) is 4.19. The lowest BCUT2D eigenvalue weighted by Crippen LogP contribution is -2.61. The van der Waals surface area contributed by atoms with Gasteiger partial charge in [-0.15, -0.1) is 0 Å². The number of esters is 1. The van der Waals surface area contributed by atoms with Gasteiger partial charge in [0.1, 0.15) is 17.6 Å². The number of para-hydroxylation sites is 1. The third-order valence-electron chi connectivity index (χ3n) is 5.38. The first-order valence-corrected chi connectivity index (χ1v) is 10.0. The number of nitrogens with zero attached hydrogens (tertiary/aromatic N) is 1. The average Bonchev–Trinajstić information content (AvgIpc) is 2.81. The number of amides is 1. The van der Waals surface area contributed by atoms with Gasteiger partial charge in [0.15, 0.2) is 0 Å². The van der Waals surface area contributed by atoms with Crippen LogP contribution in [0.3, 0.4) is 0 Å². The zero-order valence-corrected chi connectivity index (χ0v) is 17.0. The first-order valence-electron chi connectivity index (χ1n) is 10.0. The fraction of sp³-hybridized carbons (Fsp3) is 0.200. The Morgan fingerprint density at radius 1 is 0.968 bits per heavy atom. The Hall–Kier alpha value is -3.67. The van der Waals surface area contributed by atoms with Crippen LogP contribution in [0.1, 0.15) is 27.5 Å². The summed E-state index contributed by atoms with van der Waals surface area (Å²) in [6, 6.07) is 22.2. The van der Waals surface area contributed by atoms with E-state index in [2.05, 4.69) is 0 Å². The second-order valence-corrected chi connectivity index (χ2v) is 7.32. The van der Waals surface area contributed by atoms with Crippen molar-refractivity contribution < 1.29 is 23.5 Å². The number of halogens is 1. The third-order valence-corrected chi connectivity index (χ3v) is 5.38. The maximum Gasteiger partial charge on any atom is 0.337 e. The summed E-state index contributed by atoms with van der Waals surface area (Å²) in [4.78, 5) is 26.4. The summed E-state index contributed by atoms with van der Waals surface area (Å²) in [7, 11) is 1.34. The van der Waals surface area contributed by atoms with Crippen molar-refractivity contribution >= 4 is 11.9 Å². The minimum Gasteiger partial charge on any atom is -0.478 e. The maximum absolute atomic E-state index is 13.2. The molecular formula is C25H22FNO4. The van der Waals surface area contributed by atoms with Crippen LogP contribution in [0.2, 0.25) is 0 Å². The van der Waals surface area contributed by atoms with E-state index in [-0.39, 0.29) is 17.8 Å². The van der Waals surface area contributed by atoms with Crippen LogP contribution in [0, 0.1) is 5.82 Å². The van der Waals surface area contributed by atoms with E-state index in [4.69, 9.17) is 9.47 Å². The largest absolute Gasteiger partial charge is 0.478 e. The van der Waals surface area contributed by atoms with Crippen LogP contribution in [0.4, 0.5) is 4.39 Å². The molecule has 3 aromatic rings. The highest BCUT2D eigenvalue weighted by atomic mass is 19.1. The standard InChI is InChI=1S/C25H22FNO4/c1-30-25(29)19-11-9-18(10-12-19)22-23(31-21-5-3-2-4-6-21)24(28)27(22)16-15-17-7-13-20(26)14-8-17/h2-14,22-23H,15-16H2,1H3/t22-,23+/m1/s1. The van der Waals surface area contributed by atoms with Crippen LogP contribution in [0.25, 0.3) is 0 Å². The van der Waals surface area contributed by atoms with E-state index in [1.807, 2.05) is 42.5 Å². The number of carbonyl (C=O) groups excluding carboxylic acids is 2. The minimum atomic E-state index is -0.653. The van der Waals surface area contributed by atoms with Crippen LogP contribution in [-0.2, 0) is 16.0 Å². The van der Waals surface area contributed by atoms with Gasteiger partial charge < -0.3 is 14.4 Å². The van der Waals surface area contributed by atoms with Gasteiger partial charge in [0, 0.05) is 6.54 Å². The summed E-state index contributed by atoms with van der Waals surface area (Å²) in [6.07, 6.45) is -0.0551. The molecule has 1 saturated heterocycles. The molecule has 1 amide bonds. The lowest BCUT2D eigenvalue weighted by Gasteiger charge is -2.47. The summed E-state index contributed by atoms with van der Waals surface area (Å²) >= 11 is 0. The number of methoxy groups -OCH3 is 1. The molecule has 0 aromatic heterocycles. The van der Waals surface area contributed by atoms with Crippen LogP contribution >= 0.6 is 0 Å². The van der Waals surface area contributed by atoms with Crippen molar-refractivity contribution in [2.45, 2.75) is 18.6 Å². The topological polar surface area (TPSA) is 55.8 Å². The highest BCUT2D eigenvalue weighted by Gasteiger charge is 2.49.